The van der Waals surface area contributed by atoms with Gasteiger partial charge in [0.05, 0.1) is 23.5 Å². The summed E-state index contributed by atoms with van der Waals surface area (Å²) in [5, 5.41) is 0. The Morgan fingerprint density at radius 3 is 2.90 bits per heavy atom. The van der Waals surface area contributed by atoms with Crippen molar-refractivity contribution in [1.82, 2.24) is 9.88 Å². The van der Waals surface area contributed by atoms with Crippen molar-refractivity contribution in [1.29, 1.82) is 0 Å². The Kier molecular flexibility index (Phi) is 5.46. The van der Waals surface area contributed by atoms with Gasteiger partial charge in [0.25, 0.3) is 15.9 Å². The lowest BCUT2D eigenvalue weighted by molar-refractivity contribution is 0.0633. The maximum atomic E-state index is 12.8. The summed E-state index contributed by atoms with van der Waals surface area (Å²) in [6.45, 7) is 3.60. The van der Waals surface area contributed by atoms with Gasteiger partial charge >= 0.3 is 0 Å². The van der Waals surface area contributed by atoms with Crippen molar-refractivity contribution in [2.45, 2.75) is 25.5 Å². The summed E-state index contributed by atoms with van der Waals surface area (Å²) in [4.78, 5) is 18.8. The summed E-state index contributed by atoms with van der Waals surface area (Å²) in [5.74, 6) is 0.443. The van der Waals surface area contributed by atoms with Crippen LogP contribution in [0.25, 0.3) is 0 Å². The smallest absolute Gasteiger partial charge is 0.259 e. The van der Waals surface area contributed by atoms with Gasteiger partial charge in [-0.1, -0.05) is 12.1 Å². The van der Waals surface area contributed by atoms with E-state index < -0.39 is 10.0 Å². The number of ether oxygens (including phenoxy) is 1. The molecule has 2 aromatic rings. The second kappa shape index (κ2) is 8.06. The van der Waals surface area contributed by atoms with E-state index in [4.69, 9.17) is 10.5 Å². The number of piperidine rings is 1. The lowest BCUT2D eigenvalue weighted by atomic mass is 9.98. The van der Waals surface area contributed by atoms with Crippen LogP contribution in [-0.2, 0) is 15.8 Å². The molecule has 2 aliphatic heterocycles. The van der Waals surface area contributed by atoms with Crippen LogP contribution in [0.15, 0.2) is 40.9 Å². The third-order valence-electron chi connectivity index (χ3n) is 5.38. The normalized spacial score (nSPS) is 20.2. The Morgan fingerprint density at radius 1 is 1.30 bits per heavy atom. The Bertz CT molecular complexity index is 1100. The van der Waals surface area contributed by atoms with Crippen LogP contribution >= 0.6 is 0 Å². The lowest BCUT2D eigenvalue weighted by Gasteiger charge is -2.33. The Morgan fingerprint density at radius 2 is 2.13 bits per heavy atom. The number of carbonyl (C=O) groups is 1. The van der Waals surface area contributed by atoms with E-state index in [1.807, 2.05) is 17.9 Å². The first-order valence-electron chi connectivity index (χ1n) is 9.87. The minimum absolute atomic E-state index is 0.0223. The number of pyridine rings is 1. The summed E-state index contributed by atoms with van der Waals surface area (Å²) in [6, 6.07) is 8.88. The van der Waals surface area contributed by atoms with E-state index in [0.29, 0.717) is 42.1 Å². The summed E-state index contributed by atoms with van der Waals surface area (Å²) < 4.78 is 33.3. The molecule has 8 nitrogen and oxygen atoms in total. The molecular formula is C21H24N4O4S. The molecule has 0 radical (unpaired) electrons. The molecule has 0 spiro atoms. The number of fused-ring (bicyclic) bond motifs is 1. The molecule has 9 heteroatoms. The van der Waals surface area contributed by atoms with Crippen molar-refractivity contribution in [2.75, 3.05) is 19.7 Å². The first kappa shape index (κ1) is 20.3. The van der Waals surface area contributed by atoms with Crippen molar-refractivity contribution in [3.63, 3.8) is 0 Å². The zero-order valence-electron chi connectivity index (χ0n) is 16.7. The third-order valence-corrected chi connectivity index (χ3v) is 6.53. The fourth-order valence-corrected chi connectivity index (χ4v) is 4.99. The number of carbonyl (C=O) groups excluding carboxylic acids is 1. The molecule has 1 fully saturated rings. The van der Waals surface area contributed by atoms with Gasteiger partial charge in [0.2, 0.25) is 0 Å². The average molecular weight is 429 g/mol. The van der Waals surface area contributed by atoms with Gasteiger partial charge < -0.3 is 15.4 Å². The van der Waals surface area contributed by atoms with Crippen molar-refractivity contribution in [3.8, 4) is 5.75 Å². The molecule has 158 valence electrons. The molecule has 0 saturated carbocycles. The Labute approximate surface area is 175 Å². The minimum atomic E-state index is -3.59. The van der Waals surface area contributed by atoms with Gasteiger partial charge in [-0.25, -0.2) is 8.42 Å². The van der Waals surface area contributed by atoms with Crippen LogP contribution in [-0.4, -0.2) is 49.7 Å². The maximum Gasteiger partial charge on any atom is 0.259 e. The highest BCUT2D eigenvalue weighted by molar-refractivity contribution is 7.89. The number of amides is 1. The number of rotatable bonds is 4. The second-order valence-electron chi connectivity index (χ2n) is 7.75. The van der Waals surface area contributed by atoms with Crippen LogP contribution in [0.1, 0.15) is 40.0 Å². The number of nitrogens with two attached hydrogens (primary N) is 1. The van der Waals surface area contributed by atoms with E-state index in [1.165, 1.54) is 0 Å². The zero-order valence-corrected chi connectivity index (χ0v) is 17.6. The number of nitrogens with zero attached hydrogens (tertiary/aromatic N) is 3. The highest BCUT2D eigenvalue weighted by atomic mass is 32.2. The van der Waals surface area contributed by atoms with Gasteiger partial charge in [0, 0.05) is 30.9 Å². The molecule has 1 aromatic heterocycles. The lowest BCUT2D eigenvalue weighted by Crippen LogP contribution is -2.41. The van der Waals surface area contributed by atoms with E-state index in [1.54, 1.807) is 30.5 Å². The first-order valence-corrected chi connectivity index (χ1v) is 11.5. The second-order valence-corrected chi connectivity index (χ2v) is 9.39. The molecule has 2 aliphatic rings. The van der Waals surface area contributed by atoms with Gasteiger partial charge in [-0.05, 0) is 43.5 Å². The SMILES string of the molecule is Cc1ccc(C(=O)N2CCC[C@H](COc3cccc4c3C(N)=NS(=O)(=O)C4)C2)cn1. The quantitative estimate of drug-likeness (QED) is 0.795. The molecule has 1 saturated heterocycles. The Hall–Kier alpha value is -2.94. The molecule has 0 unspecified atom stereocenters. The fourth-order valence-electron chi connectivity index (χ4n) is 3.90. The number of amidine groups is 1. The monoisotopic (exact) mass is 428 g/mol. The highest BCUT2D eigenvalue weighted by Crippen LogP contribution is 2.29. The largest absolute Gasteiger partial charge is 0.492 e. The number of aromatic nitrogens is 1. The number of sulfonamides is 1. The van der Waals surface area contributed by atoms with Crippen molar-refractivity contribution >= 4 is 21.8 Å². The average Bonchev–Trinajstić information content (AvgIpc) is 2.71. The molecule has 2 N–H and O–H groups in total. The van der Waals surface area contributed by atoms with Gasteiger partial charge in [0.1, 0.15) is 11.6 Å². The Balaban J connectivity index is 1.44. The van der Waals surface area contributed by atoms with Gasteiger partial charge in [-0.2, -0.15) is 0 Å². The summed E-state index contributed by atoms with van der Waals surface area (Å²) in [5.41, 5.74) is 8.49. The van der Waals surface area contributed by atoms with Crippen LogP contribution < -0.4 is 10.5 Å². The summed E-state index contributed by atoms with van der Waals surface area (Å²) in [7, 11) is -3.59. The van der Waals surface area contributed by atoms with Crippen molar-refractivity contribution in [2.24, 2.45) is 16.0 Å². The number of aryl methyl sites for hydroxylation is 1. The standard InChI is InChI=1S/C21H24N4O4S/c1-14-7-8-16(10-23-14)21(26)25-9-3-4-15(11-25)12-29-18-6-2-5-17-13-30(27,28)24-20(22)19(17)18/h2,5-8,10,15H,3-4,9,11-13H2,1H3,(H2,22,24)/t15-/m0/s1. The van der Waals surface area contributed by atoms with Crippen LogP contribution in [0, 0.1) is 12.8 Å². The predicted octanol–water partition coefficient (Wildman–Crippen LogP) is 1.87. The van der Waals surface area contributed by atoms with Crippen molar-refractivity contribution in [3.05, 3.63) is 58.9 Å². The van der Waals surface area contributed by atoms with Crippen molar-refractivity contribution < 1.29 is 17.9 Å². The van der Waals surface area contributed by atoms with Crippen LogP contribution in [0.4, 0.5) is 0 Å². The van der Waals surface area contributed by atoms with Crippen LogP contribution in [0.5, 0.6) is 5.75 Å². The zero-order chi connectivity index (χ0) is 21.3. The number of benzene rings is 1. The van der Waals surface area contributed by atoms with Gasteiger partial charge in [-0.15, -0.1) is 4.40 Å². The summed E-state index contributed by atoms with van der Waals surface area (Å²) >= 11 is 0. The van der Waals surface area contributed by atoms with E-state index in [-0.39, 0.29) is 23.4 Å². The van der Waals surface area contributed by atoms with E-state index >= 15 is 0 Å². The molecule has 4 rings (SSSR count). The van der Waals surface area contributed by atoms with Crippen LogP contribution in [0.2, 0.25) is 0 Å². The minimum Gasteiger partial charge on any atom is -0.492 e. The van der Waals surface area contributed by atoms with E-state index in [9.17, 15) is 13.2 Å². The van der Waals surface area contributed by atoms with E-state index in [0.717, 1.165) is 18.5 Å². The fraction of sp³-hybridized carbons (Fsp3) is 0.381. The molecule has 3 heterocycles. The van der Waals surface area contributed by atoms with Gasteiger partial charge in [0.15, 0.2) is 0 Å². The van der Waals surface area contributed by atoms with Gasteiger partial charge in [-0.3, -0.25) is 9.78 Å². The number of hydrogen-bond acceptors (Lipinski definition) is 6. The molecular weight excluding hydrogens is 404 g/mol. The highest BCUT2D eigenvalue weighted by Gasteiger charge is 2.28. The maximum absolute atomic E-state index is 12.8. The van der Waals surface area contributed by atoms with E-state index in [2.05, 4.69) is 9.38 Å². The molecule has 1 atom stereocenters. The molecule has 0 aliphatic carbocycles. The number of hydrogen-bond donors (Lipinski definition) is 1. The molecule has 0 bridgehead atoms. The van der Waals surface area contributed by atoms with Crippen LogP contribution in [0.3, 0.4) is 0 Å². The predicted molar refractivity (Wildman–Crippen MR) is 113 cm³/mol. The number of likely N-dealkylation sites (tertiary alicyclic amines) is 1. The topological polar surface area (TPSA) is 115 Å². The summed E-state index contributed by atoms with van der Waals surface area (Å²) in [6.07, 6.45) is 3.46. The molecule has 1 amide bonds. The molecule has 30 heavy (non-hydrogen) atoms. The first-order chi connectivity index (χ1) is 14.3. The molecule has 1 aromatic carbocycles. The third kappa shape index (κ3) is 4.30.